The fourth-order valence-electron chi connectivity index (χ4n) is 1.16. The van der Waals surface area contributed by atoms with Gasteiger partial charge in [-0.15, -0.1) is 0 Å². The van der Waals surface area contributed by atoms with Crippen molar-refractivity contribution in [2.75, 3.05) is 13.7 Å². The van der Waals surface area contributed by atoms with Gasteiger partial charge in [0.15, 0.2) is 11.3 Å². The van der Waals surface area contributed by atoms with E-state index in [0.717, 1.165) is 0 Å². The summed E-state index contributed by atoms with van der Waals surface area (Å²) in [6, 6.07) is 2.99. The monoisotopic (exact) mass is 227 g/mol. The molecule has 0 aliphatic heterocycles. The molecule has 16 heavy (non-hydrogen) atoms. The number of aliphatic carboxylic acids is 1. The number of hydrogen-bond acceptors (Lipinski definition) is 4. The topological polar surface area (TPSA) is 88.8 Å². The van der Waals surface area contributed by atoms with Crippen LogP contribution in [0.2, 0.25) is 0 Å². The van der Waals surface area contributed by atoms with Gasteiger partial charge in [0.05, 0.1) is 12.9 Å². The van der Waals surface area contributed by atoms with E-state index in [0.29, 0.717) is 0 Å². The molecule has 0 saturated heterocycles. The third-order valence-corrected chi connectivity index (χ3v) is 2.04. The van der Waals surface area contributed by atoms with Gasteiger partial charge < -0.3 is 19.6 Å². The summed E-state index contributed by atoms with van der Waals surface area (Å²) in [5, 5.41) is 11.3. The molecule has 0 radical (unpaired) electrons. The van der Waals surface area contributed by atoms with Gasteiger partial charge in [-0.3, -0.25) is 4.79 Å². The average molecular weight is 227 g/mol. The van der Waals surface area contributed by atoms with Crippen molar-refractivity contribution in [3.8, 4) is 0 Å². The lowest BCUT2D eigenvalue weighted by Gasteiger charge is -2.24. The van der Waals surface area contributed by atoms with Crippen LogP contribution in [-0.4, -0.2) is 36.2 Å². The molecule has 1 heterocycles. The van der Waals surface area contributed by atoms with Crippen LogP contribution in [0.3, 0.4) is 0 Å². The highest BCUT2D eigenvalue weighted by Gasteiger charge is 2.35. The van der Waals surface area contributed by atoms with Crippen LogP contribution in [0.5, 0.6) is 0 Å². The molecule has 0 spiro atoms. The Bertz CT molecular complexity index is 373. The van der Waals surface area contributed by atoms with Crippen molar-refractivity contribution in [3.05, 3.63) is 24.2 Å². The predicted molar refractivity (Wildman–Crippen MR) is 54.1 cm³/mol. The van der Waals surface area contributed by atoms with E-state index in [2.05, 4.69) is 5.32 Å². The number of carboxylic acid groups (broad SMARTS) is 1. The van der Waals surface area contributed by atoms with E-state index in [1.165, 1.54) is 26.4 Å². The Labute approximate surface area is 92.2 Å². The van der Waals surface area contributed by atoms with Crippen LogP contribution in [-0.2, 0) is 9.53 Å². The normalized spacial score (nSPS) is 14.1. The molecule has 0 fully saturated rings. The van der Waals surface area contributed by atoms with Crippen molar-refractivity contribution >= 4 is 11.9 Å². The lowest BCUT2D eigenvalue weighted by molar-refractivity contribution is -0.145. The zero-order valence-corrected chi connectivity index (χ0v) is 9.02. The van der Waals surface area contributed by atoms with Crippen LogP contribution in [0, 0.1) is 0 Å². The van der Waals surface area contributed by atoms with E-state index in [9.17, 15) is 9.59 Å². The van der Waals surface area contributed by atoms with Crippen molar-refractivity contribution in [2.45, 2.75) is 12.5 Å². The number of nitrogens with one attached hydrogen (secondary N) is 1. The fraction of sp³-hybridized carbons (Fsp3) is 0.400. The summed E-state index contributed by atoms with van der Waals surface area (Å²) >= 11 is 0. The first kappa shape index (κ1) is 12.3. The number of carbonyl (C=O) groups excluding carboxylic acids is 1. The van der Waals surface area contributed by atoms with Gasteiger partial charge in [-0.25, -0.2) is 4.79 Å². The number of hydrogen-bond donors (Lipinski definition) is 2. The summed E-state index contributed by atoms with van der Waals surface area (Å²) in [6.45, 7) is 1.23. The van der Waals surface area contributed by atoms with Gasteiger partial charge in [0.2, 0.25) is 0 Å². The highest BCUT2D eigenvalue weighted by Crippen LogP contribution is 2.08. The smallest absolute Gasteiger partial charge is 0.331 e. The second kappa shape index (κ2) is 4.80. The number of carboxylic acids is 1. The summed E-state index contributed by atoms with van der Waals surface area (Å²) < 4.78 is 9.61. The molecule has 1 unspecified atom stereocenters. The largest absolute Gasteiger partial charge is 0.479 e. The Morgan fingerprint density at radius 2 is 2.31 bits per heavy atom. The number of furan rings is 1. The Kier molecular flexibility index (Phi) is 3.68. The molecule has 0 aliphatic rings. The number of methoxy groups -OCH3 is 1. The molecule has 1 rings (SSSR count). The molecule has 0 saturated carbocycles. The third-order valence-electron chi connectivity index (χ3n) is 2.04. The van der Waals surface area contributed by atoms with Gasteiger partial charge in [-0.05, 0) is 19.1 Å². The van der Waals surface area contributed by atoms with E-state index >= 15 is 0 Å². The Balaban J connectivity index is 2.77. The predicted octanol–water partition coefficient (Wildman–Crippen LogP) is 0.499. The molecular weight excluding hydrogens is 214 g/mol. The first-order chi connectivity index (χ1) is 7.49. The summed E-state index contributed by atoms with van der Waals surface area (Å²) in [6.07, 6.45) is 1.34. The minimum Gasteiger partial charge on any atom is -0.479 e. The van der Waals surface area contributed by atoms with E-state index in [4.69, 9.17) is 14.3 Å². The summed E-state index contributed by atoms with van der Waals surface area (Å²) in [7, 11) is 1.36. The molecule has 6 nitrogen and oxygen atoms in total. The maximum absolute atomic E-state index is 11.6. The standard InChI is InChI=1S/C10H13NO5/c1-10(6-15-2,9(13)14)11-8(12)7-4-3-5-16-7/h3-5H,6H2,1-2H3,(H,11,12)(H,13,14). The molecule has 0 aliphatic carbocycles. The molecule has 1 aromatic heterocycles. The Hall–Kier alpha value is -1.82. The second-order valence-corrected chi connectivity index (χ2v) is 3.50. The van der Waals surface area contributed by atoms with Crippen molar-refractivity contribution in [1.82, 2.24) is 5.32 Å². The quantitative estimate of drug-likeness (QED) is 0.764. The van der Waals surface area contributed by atoms with E-state index < -0.39 is 17.4 Å². The lowest BCUT2D eigenvalue weighted by atomic mass is 10.0. The van der Waals surface area contributed by atoms with Crippen LogP contribution in [0.15, 0.2) is 22.8 Å². The minimum absolute atomic E-state index is 0.0589. The molecular formula is C10H13NO5. The van der Waals surface area contributed by atoms with Crippen LogP contribution >= 0.6 is 0 Å². The second-order valence-electron chi connectivity index (χ2n) is 3.50. The van der Waals surface area contributed by atoms with Crippen LogP contribution in [0.4, 0.5) is 0 Å². The molecule has 0 bridgehead atoms. The molecule has 1 amide bonds. The SMILES string of the molecule is COCC(C)(NC(=O)c1ccco1)C(=O)O. The van der Waals surface area contributed by atoms with Gasteiger partial charge >= 0.3 is 5.97 Å². The summed E-state index contributed by atoms with van der Waals surface area (Å²) in [4.78, 5) is 22.6. The van der Waals surface area contributed by atoms with Gasteiger partial charge in [0.25, 0.3) is 5.91 Å². The molecule has 0 aromatic carbocycles. The van der Waals surface area contributed by atoms with Crippen molar-refractivity contribution in [3.63, 3.8) is 0 Å². The van der Waals surface area contributed by atoms with Crippen LogP contribution in [0.1, 0.15) is 17.5 Å². The third kappa shape index (κ3) is 2.60. The zero-order valence-electron chi connectivity index (χ0n) is 9.02. The fourth-order valence-corrected chi connectivity index (χ4v) is 1.16. The minimum atomic E-state index is -1.47. The van der Waals surface area contributed by atoms with E-state index in [-0.39, 0.29) is 12.4 Å². The average Bonchev–Trinajstić information content (AvgIpc) is 2.70. The molecule has 1 aromatic rings. The van der Waals surface area contributed by atoms with Gasteiger partial charge in [-0.1, -0.05) is 0 Å². The highest BCUT2D eigenvalue weighted by atomic mass is 16.5. The molecule has 1 atom stereocenters. The highest BCUT2D eigenvalue weighted by molar-refractivity contribution is 5.95. The first-order valence-corrected chi connectivity index (χ1v) is 4.58. The first-order valence-electron chi connectivity index (χ1n) is 4.58. The van der Waals surface area contributed by atoms with Gasteiger partial charge in [-0.2, -0.15) is 0 Å². The molecule has 2 N–H and O–H groups in total. The number of carbonyl (C=O) groups is 2. The van der Waals surface area contributed by atoms with Crippen LogP contribution in [0.25, 0.3) is 0 Å². The van der Waals surface area contributed by atoms with Crippen molar-refractivity contribution in [2.24, 2.45) is 0 Å². The van der Waals surface area contributed by atoms with E-state index in [1.807, 2.05) is 0 Å². The maximum atomic E-state index is 11.6. The molecule has 6 heteroatoms. The number of rotatable bonds is 5. The van der Waals surface area contributed by atoms with Gasteiger partial charge in [0, 0.05) is 7.11 Å². The van der Waals surface area contributed by atoms with Crippen molar-refractivity contribution in [1.29, 1.82) is 0 Å². The Morgan fingerprint density at radius 1 is 1.62 bits per heavy atom. The van der Waals surface area contributed by atoms with E-state index in [1.54, 1.807) is 6.07 Å². The summed E-state index contributed by atoms with van der Waals surface area (Å²) in [5.74, 6) is -1.70. The van der Waals surface area contributed by atoms with Crippen LogP contribution < -0.4 is 5.32 Å². The summed E-state index contributed by atoms with van der Waals surface area (Å²) in [5.41, 5.74) is -1.47. The lowest BCUT2D eigenvalue weighted by Crippen LogP contribution is -2.55. The number of ether oxygens (including phenoxy) is 1. The number of amides is 1. The molecule has 88 valence electrons. The Morgan fingerprint density at radius 3 is 2.75 bits per heavy atom. The van der Waals surface area contributed by atoms with Crippen molar-refractivity contribution < 1.29 is 23.8 Å². The maximum Gasteiger partial charge on any atom is 0.331 e. The van der Waals surface area contributed by atoms with Gasteiger partial charge in [0.1, 0.15) is 0 Å². The zero-order chi connectivity index (χ0) is 12.2.